The van der Waals surface area contributed by atoms with Gasteiger partial charge in [-0.3, -0.25) is 0 Å². The summed E-state index contributed by atoms with van der Waals surface area (Å²) >= 11 is 0. The van der Waals surface area contributed by atoms with Gasteiger partial charge in [0.15, 0.2) is 5.82 Å². The van der Waals surface area contributed by atoms with Gasteiger partial charge in [0.2, 0.25) is 9.84 Å². The topological polar surface area (TPSA) is 59.9 Å². The van der Waals surface area contributed by atoms with Crippen molar-refractivity contribution in [2.45, 2.75) is 15.2 Å². The van der Waals surface area contributed by atoms with Crippen molar-refractivity contribution < 1.29 is 8.42 Å². The summed E-state index contributed by atoms with van der Waals surface area (Å²) in [7, 11) is -3.82. The van der Waals surface area contributed by atoms with Gasteiger partial charge in [-0.15, -0.1) is 0 Å². The molecule has 8 aromatic rings. The summed E-state index contributed by atoms with van der Waals surface area (Å²) in [5.74, 6) is 0.636. The number of fused-ring (bicyclic) bond motifs is 11. The molecular formula is C47H30N2O2S. The van der Waals surface area contributed by atoms with Gasteiger partial charge in [0, 0.05) is 16.7 Å². The molecule has 0 radical (unpaired) electrons. The Kier molecular flexibility index (Phi) is 6.76. The summed E-state index contributed by atoms with van der Waals surface area (Å²) < 4.78 is 28.9. The fourth-order valence-corrected chi connectivity index (χ4v) is 10.1. The van der Waals surface area contributed by atoms with Crippen LogP contribution in [0.3, 0.4) is 0 Å². The molecular weight excluding hydrogens is 657 g/mol. The molecule has 52 heavy (non-hydrogen) atoms. The van der Waals surface area contributed by atoms with Gasteiger partial charge >= 0.3 is 0 Å². The zero-order chi connectivity index (χ0) is 34.9. The van der Waals surface area contributed by atoms with Gasteiger partial charge in [-0.05, 0) is 68.8 Å². The number of sulfone groups is 1. The zero-order valence-electron chi connectivity index (χ0n) is 27.9. The lowest BCUT2D eigenvalue weighted by Crippen LogP contribution is -2.38. The Balaban J connectivity index is 1.35. The highest BCUT2D eigenvalue weighted by molar-refractivity contribution is 7.91. The fourth-order valence-electron chi connectivity index (χ4n) is 8.33. The van der Waals surface area contributed by atoms with E-state index in [0.29, 0.717) is 15.6 Å². The summed E-state index contributed by atoms with van der Waals surface area (Å²) in [6.07, 6.45) is 0. The molecule has 1 aliphatic heterocycles. The molecule has 0 saturated carbocycles. The molecule has 10 rings (SSSR count). The van der Waals surface area contributed by atoms with Crippen LogP contribution in [0.5, 0.6) is 0 Å². The van der Waals surface area contributed by atoms with E-state index >= 15 is 0 Å². The third kappa shape index (κ3) is 4.36. The highest BCUT2D eigenvalue weighted by Gasteiger charge is 2.51. The maximum absolute atomic E-state index is 14.5. The van der Waals surface area contributed by atoms with Crippen molar-refractivity contribution in [2.75, 3.05) is 0 Å². The molecule has 1 aromatic heterocycles. The Hall–Kier alpha value is -6.43. The highest BCUT2D eigenvalue weighted by Crippen LogP contribution is 2.59. The van der Waals surface area contributed by atoms with Crippen LogP contribution in [0.1, 0.15) is 22.3 Å². The van der Waals surface area contributed by atoms with E-state index in [1.54, 1.807) is 12.1 Å². The second-order valence-electron chi connectivity index (χ2n) is 13.3. The highest BCUT2D eigenvalue weighted by atomic mass is 32.2. The Morgan fingerprint density at radius 2 is 0.827 bits per heavy atom. The summed E-state index contributed by atoms with van der Waals surface area (Å²) in [6.45, 7) is 0. The lowest BCUT2D eigenvalue weighted by molar-refractivity contribution is 0.579. The second kappa shape index (κ2) is 11.6. The number of nitrogens with zero attached hydrogens (tertiary/aromatic N) is 2. The molecule has 1 spiro atoms. The summed E-state index contributed by atoms with van der Waals surface area (Å²) in [5.41, 5.74) is 11.3. The van der Waals surface area contributed by atoms with Crippen molar-refractivity contribution in [2.24, 2.45) is 0 Å². The first-order valence-electron chi connectivity index (χ1n) is 17.3. The standard InChI is InChI=1S/C47H30N2O2S/c50-52(51)44-25-13-11-23-39(44)47(40-24-12-14-26-45(40)52)38-22-10-9-21-36(38)34-19-7-8-20-35(34)37-28-27-33(29-41(37)47)43-30-42(31-15-3-1-4-16-31)48-46(49-43)32-17-5-2-6-18-32/h1-30H. The lowest BCUT2D eigenvalue weighted by Gasteiger charge is -2.42. The molecule has 0 saturated heterocycles. The third-order valence-corrected chi connectivity index (χ3v) is 12.4. The quantitative estimate of drug-likeness (QED) is 0.186. The molecule has 0 bridgehead atoms. The van der Waals surface area contributed by atoms with Crippen LogP contribution >= 0.6 is 0 Å². The van der Waals surface area contributed by atoms with E-state index < -0.39 is 15.3 Å². The van der Waals surface area contributed by atoms with Gasteiger partial charge in [-0.2, -0.15) is 0 Å². The molecule has 0 amide bonds. The predicted octanol–water partition coefficient (Wildman–Crippen LogP) is 10.7. The minimum atomic E-state index is -3.82. The van der Waals surface area contributed by atoms with Crippen molar-refractivity contribution >= 4 is 9.84 Å². The van der Waals surface area contributed by atoms with Gasteiger partial charge < -0.3 is 0 Å². The number of benzene rings is 7. The Bertz CT molecular complexity index is 2700. The van der Waals surface area contributed by atoms with Gasteiger partial charge in [-0.1, -0.05) is 158 Å². The van der Waals surface area contributed by atoms with Gasteiger partial charge in [-0.25, -0.2) is 18.4 Å². The normalized spacial score (nSPS) is 14.2. The molecule has 4 nitrogen and oxygen atoms in total. The average molecular weight is 687 g/mol. The summed E-state index contributed by atoms with van der Waals surface area (Å²) in [6, 6.07) is 60.9. The molecule has 2 heterocycles. The molecule has 0 fully saturated rings. The number of hydrogen-bond donors (Lipinski definition) is 0. The minimum Gasteiger partial charge on any atom is -0.228 e. The molecule has 0 unspecified atom stereocenters. The largest absolute Gasteiger partial charge is 0.228 e. The van der Waals surface area contributed by atoms with Gasteiger partial charge in [0.1, 0.15) is 0 Å². The van der Waals surface area contributed by atoms with Crippen molar-refractivity contribution in [3.63, 3.8) is 0 Å². The van der Waals surface area contributed by atoms with Crippen LogP contribution in [-0.4, -0.2) is 18.4 Å². The van der Waals surface area contributed by atoms with Crippen molar-refractivity contribution in [1.29, 1.82) is 0 Å². The number of aromatic nitrogens is 2. The Morgan fingerprint density at radius 1 is 0.365 bits per heavy atom. The average Bonchev–Trinajstić information content (AvgIpc) is 3.32. The maximum Gasteiger partial charge on any atom is 0.207 e. The molecule has 5 heteroatoms. The van der Waals surface area contributed by atoms with Crippen molar-refractivity contribution in [3.8, 4) is 56.2 Å². The van der Waals surface area contributed by atoms with Gasteiger partial charge in [0.05, 0.1) is 26.6 Å². The maximum atomic E-state index is 14.5. The van der Waals surface area contributed by atoms with E-state index in [1.165, 1.54) is 0 Å². The first-order chi connectivity index (χ1) is 25.5. The fraction of sp³-hybridized carbons (Fsp3) is 0.0213. The summed E-state index contributed by atoms with van der Waals surface area (Å²) in [5, 5.41) is 0. The van der Waals surface area contributed by atoms with Crippen LogP contribution in [0.4, 0.5) is 0 Å². The second-order valence-corrected chi connectivity index (χ2v) is 15.2. The van der Waals surface area contributed by atoms with Crippen LogP contribution < -0.4 is 0 Å². The van der Waals surface area contributed by atoms with E-state index in [-0.39, 0.29) is 0 Å². The van der Waals surface area contributed by atoms with E-state index in [1.807, 2.05) is 84.9 Å². The van der Waals surface area contributed by atoms with Crippen LogP contribution in [0.2, 0.25) is 0 Å². The Labute approximate surface area is 302 Å². The molecule has 0 N–H and O–H groups in total. The van der Waals surface area contributed by atoms with Crippen molar-refractivity contribution in [3.05, 3.63) is 204 Å². The molecule has 7 aromatic carbocycles. The molecule has 2 aliphatic rings. The number of rotatable bonds is 3. The molecule has 1 aliphatic carbocycles. The van der Waals surface area contributed by atoms with E-state index in [9.17, 15) is 8.42 Å². The molecule has 0 atom stereocenters. The zero-order valence-corrected chi connectivity index (χ0v) is 28.8. The smallest absolute Gasteiger partial charge is 0.207 e. The molecule has 246 valence electrons. The first kappa shape index (κ1) is 30.4. The predicted molar refractivity (Wildman–Crippen MR) is 207 cm³/mol. The summed E-state index contributed by atoms with van der Waals surface area (Å²) in [4.78, 5) is 10.9. The monoisotopic (exact) mass is 686 g/mol. The van der Waals surface area contributed by atoms with E-state index in [0.717, 1.165) is 72.6 Å². The van der Waals surface area contributed by atoms with Gasteiger partial charge in [0.25, 0.3) is 0 Å². The van der Waals surface area contributed by atoms with Crippen LogP contribution in [0, 0.1) is 0 Å². The Morgan fingerprint density at radius 3 is 1.44 bits per heavy atom. The third-order valence-electron chi connectivity index (χ3n) is 10.5. The number of hydrogen-bond acceptors (Lipinski definition) is 4. The first-order valence-corrected chi connectivity index (χ1v) is 18.8. The van der Waals surface area contributed by atoms with Crippen LogP contribution in [-0.2, 0) is 15.3 Å². The lowest BCUT2D eigenvalue weighted by atomic mass is 9.63. The van der Waals surface area contributed by atoms with Crippen molar-refractivity contribution in [1.82, 2.24) is 9.97 Å². The van der Waals surface area contributed by atoms with E-state index in [2.05, 4.69) is 84.9 Å². The van der Waals surface area contributed by atoms with Crippen LogP contribution in [0.25, 0.3) is 56.2 Å². The van der Waals surface area contributed by atoms with Crippen LogP contribution in [0.15, 0.2) is 192 Å². The minimum absolute atomic E-state index is 0.325. The van der Waals surface area contributed by atoms with E-state index in [4.69, 9.17) is 9.97 Å². The SMILES string of the molecule is O=S1(=O)c2ccccc2C2(c3ccccc3-c3ccccc3-c3ccc(-c4cc(-c5ccccc5)nc(-c5ccccc5)n4)cc32)c2ccccc21.